The number of aromatic hydroxyl groups is 1. The molecule has 0 aromatic heterocycles. The van der Waals surface area contributed by atoms with Gasteiger partial charge in [-0.1, -0.05) is 191 Å². The van der Waals surface area contributed by atoms with Crippen molar-refractivity contribution in [3.63, 3.8) is 0 Å². The van der Waals surface area contributed by atoms with Crippen molar-refractivity contribution in [2.75, 3.05) is 0 Å². The highest BCUT2D eigenvalue weighted by Crippen LogP contribution is 2.46. The van der Waals surface area contributed by atoms with E-state index in [2.05, 4.69) is 115 Å². The quantitative estimate of drug-likeness (QED) is 0.205. The number of rotatable bonds is 4. The molecule has 0 bridgehead atoms. The van der Waals surface area contributed by atoms with E-state index in [0.29, 0.717) is 0 Å². The van der Waals surface area contributed by atoms with E-state index in [4.69, 9.17) is 4.74 Å². The first-order valence-electron chi connectivity index (χ1n) is 18.2. The van der Waals surface area contributed by atoms with Gasteiger partial charge in [0.15, 0.2) is 5.60 Å². The van der Waals surface area contributed by atoms with Crippen molar-refractivity contribution in [1.29, 1.82) is 0 Å². The molecule has 49 heavy (non-hydrogen) atoms. The van der Waals surface area contributed by atoms with E-state index in [1.807, 2.05) is 93.5 Å². The molecule has 1 aliphatic rings. The van der Waals surface area contributed by atoms with Crippen molar-refractivity contribution in [3.05, 3.63) is 162 Å². The molecule has 7 rings (SSSR count). The lowest BCUT2D eigenvalue weighted by atomic mass is 9.82. The van der Waals surface area contributed by atoms with Crippen LogP contribution in [0.3, 0.4) is 0 Å². The highest BCUT2D eigenvalue weighted by atomic mass is 16.5. The maximum absolute atomic E-state index is 9.66. The second kappa shape index (κ2) is 21.0. The summed E-state index contributed by atoms with van der Waals surface area (Å²) in [6, 6.07) is 47.5. The minimum absolute atomic E-state index is 0.270. The molecule has 2 heteroatoms. The summed E-state index contributed by atoms with van der Waals surface area (Å²) in [5.41, 5.74) is 6.98. The zero-order chi connectivity index (χ0) is 36.2. The Bertz CT molecular complexity index is 1760. The van der Waals surface area contributed by atoms with Crippen LogP contribution in [0, 0.1) is 0 Å². The van der Waals surface area contributed by atoms with Crippen LogP contribution in [0.1, 0.15) is 85.9 Å². The van der Waals surface area contributed by atoms with Crippen molar-refractivity contribution in [3.8, 4) is 33.8 Å². The zero-order valence-corrected chi connectivity index (χ0v) is 31.3. The molecule has 256 valence electrons. The van der Waals surface area contributed by atoms with E-state index in [9.17, 15) is 5.11 Å². The Balaban J connectivity index is 0.000000768. The Kier molecular flexibility index (Phi) is 17.2. The van der Waals surface area contributed by atoms with Crippen LogP contribution in [0.25, 0.3) is 39.1 Å². The van der Waals surface area contributed by atoms with Gasteiger partial charge < -0.3 is 9.84 Å². The Hall–Kier alpha value is -5.08. The maximum Gasteiger partial charge on any atom is 0.178 e. The van der Waals surface area contributed by atoms with Gasteiger partial charge in [0, 0.05) is 16.7 Å². The Morgan fingerprint density at radius 1 is 0.449 bits per heavy atom. The minimum Gasteiger partial charge on any atom is -0.508 e. The fourth-order valence-corrected chi connectivity index (χ4v) is 5.62. The maximum atomic E-state index is 9.66. The molecule has 1 aliphatic heterocycles. The molecule has 0 fully saturated rings. The predicted octanol–water partition coefficient (Wildman–Crippen LogP) is 14.4. The molecular formula is C47H56O2. The van der Waals surface area contributed by atoms with E-state index in [1.54, 1.807) is 12.1 Å². The topological polar surface area (TPSA) is 29.5 Å². The van der Waals surface area contributed by atoms with Crippen LogP contribution in [0.4, 0.5) is 0 Å². The molecule has 0 atom stereocenters. The molecule has 0 aliphatic carbocycles. The molecule has 0 unspecified atom stereocenters. The second-order valence-corrected chi connectivity index (χ2v) is 9.91. The summed E-state index contributed by atoms with van der Waals surface area (Å²) in [4.78, 5) is 0. The number of phenols is 1. The predicted molar refractivity (Wildman–Crippen MR) is 217 cm³/mol. The number of benzene rings is 6. The minimum atomic E-state index is -0.724. The number of fused-ring (bicyclic) bond motifs is 3. The van der Waals surface area contributed by atoms with E-state index in [-0.39, 0.29) is 5.75 Å². The van der Waals surface area contributed by atoms with Gasteiger partial charge in [-0.05, 0) is 63.4 Å². The van der Waals surface area contributed by atoms with E-state index < -0.39 is 5.60 Å². The molecule has 2 nitrogen and oxygen atoms in total. The standard InChI is InChI=1S/C37H26O2.5C2H6/c38-31-21-19-27(20-22-31)26-15-17-28(18-16-26)35-25-36-34(32-13-7-8-14-33(32)35)23-24-37(39-36,29-9-3-1-4-10-29)30-11-5-2-6-12-30;5*1-2/h1-25,38H;5*1-2H3. The molecule has 0 spiro atoms. The second-order valence-electron chi connectivity index (χ2n) is 9.91. The summed E-state index contributed by atoms with van der Waals surface area (Å²) < 4.78 is 7.06. The molecule has 6 aromatic rings. The normalized spacial score (nSPS) is 11.4. The highest BCUT2D eigenvalue weighted by molar-refractivity contribution is 6.03. The van der Waals surface area contributed by atoms with Gasteiger partial charge in [0.2, 0.25) is 0 Å². The number of ether oxygens (including phenoxy) is 1. The van der Waals surface area contributed by atoms with Gasteiger partial charge in [0.1, 0.15) is 11.5 Å². The van der Waals surface area contributed by atoms with Gasteiger partial charge in [0.25, 0.3) is 0 Å². The van der Waals surface area contributed by atoms with Crippen LogP contribution < -0.4 is 4.74 Å². The average Bonchev–Trinajstić information content (AvgIpc) is 3.22. The van der Waals surface area contributed by atoms with E-state index >= 15 is 0 Å². The van der Waals surface area contributed by atoms with Gasteiger partial charge in [-0.2, -0.15) is 0 Å². The van der Waals surface area contributed by atoms with Crippen LogP contribution >= 0.6 is 0 Å². The zero-order valence-electron chi connectivity index (χ0n) is 31.3. The van der Waals surface area contributed by atoms with Gasteiger partial charge in [-0.25, -0.2) is 0 Å². The van der Waals surface area contributed by atoms with E-state index in [0.717, 1.165) is 44.7 Å². The molecule has 6 aromatic carbocycles. The first-order chi connectivity index (χ1) is 24.2. The number of phenolic OH excluding ortho intramolecular Hbond substituents is 1. The summed E-state index contributed by atoms with van der Waals surface area (Å²) in [6.45, 7) is 20.0. The smallest absolute Gasteiger partial charge is 0.178 e. The van der Waals surface area contributed by atoms with Crippen molar-refractivity contribution in [2.45, 2.75) is 74.8 Å². The van der Waals surface area contributed by atoms with Crippen LogP contribution in [0.5, 0.6) is 11.5 Å². The summed E-state index contributed by atoms with van der Waals surface area (Å²) in [6.07, 6.45) is 4.41. The van der Waals surface area contributed by atoms with Crippen molar-refractivity contribution in [1.82, 2.24) is 0 Å². The summed E-state index contributed by atoms with van der Waals surface area (Å²) in [7, 11) is 0. The first kappa shape index (κ1) is 40.1. The fourth-order valence-electron chi connectivity index (χ4n) is 5.62. The Morgan fingerprint density at radius 3 is 1.35 bits per heavy atom. The SMILES string of the molecule is CC.CC.CC.CC.CC.Oc1ccc(-c2ccc(-c3cc4c(c5ccccc35)C=CC(c3ccccc3)(c3ccccc3)O4)cc2)cc1. The number of hydrogen-bond acceptors (Lipinski definition) is 2. The lowest BCUT2D eigenvalue weighted by molar-refractivity contribution is 0.161. The summed E-state index contributed by atoms with van der Waals surface area (Å²) in [5.74, 6) is 1.13. The molecule has 1 heterocycles. The number of hydrogen-bond donors (Lipinski definition) is 1. The molecule has 0 amide bonds. The van der Waals surface area contributed by atoms with Crippen LogP contribution in [0.2, 0.25) is 0 Å². The first-order valence-corrected chi connectivity index (χ1v) is 18.2. The van der Waals surface area contributed by atoms with Crippen LogP contribution in [-0.4, -0.2) is 5.11 Å². The highest BCUT2D eigenvalue weighted by Gasteiger charge is 2.37. The average molecular weight is 653 g/mol. The monoisotopic (exact) mass is 652 g/mol. The largest absolute Gasteiger partial charge is 0.508 e. The van der Waals surface area contributed by atoms with Crippen LogP contribution in [0.15, 0.2) is 146 Å². The van der Waals surface area contributed by atoms with Gasteiger partial charge >= 0.3 is 0 Å². The molecule has 0 saturated carbocycles. The third kappa shape index (κ3) is 9.09. The van der Waals surface area contributed by atoms with Gasteiger partial charge in [-0.15, -0.1) is 0 Å². The third-order valence-electron chi connectivity index (χ3n) is 7.61. The van der Waals surface area contributed by atoms with E-state index in [1.165, 1.54) is 10.8 Å². The molecule has 0 saturated heterocycles. The molecule has 1 N–H and O–H groups in total. The molecular weight excluding hydrogens is 597 g/mol. The lowest BCUT2D eigenvalue weighted by Gasteiger charge is -2.36. The molecule has 0 radical (unpaired) electrons. The summed E-state index contributed by atoms with van der Waals surface area (Å²) in [5, 5.41) is 12.0. The van der Waals surface area contributed by atoms with Crippen molar-refractivity contribution in [2.24, 2.45) is 0 Å². The third-order valence-corrected chi connectivity index (χ3v) is 7.61. The van der Waals surface area contributed by atoms with Gasteiger partial charge in [-0.3, -0.25) is 0 Å². The lowest BCUT2D eigenvalue weighted by Crippen LogP contribution is -2.34. The Morgan fingerprint density at radius 2 is 0.857 bits per heavy atom. The fraction of sp³-hybridized carbons (Fsp3) is 0.234. The Labute approximate surface area is 296 Å². The van der Waals surface area contributed by atoms with Crippen molar-refractivity contribution < 1.29 is 9.84 Å². The van der Waals surface area contributed by atoms with Crippen molar-refractivity contribution >= 4 is 16.8 Å². The summed E-state index contributed by atoms with van der Waals surface area (Å²) >= 11 is 0. The van der Waals surface area contributed by atoms with Crippen LogP contribution in [-0.2, 0) is 5.60 Å². The van der Waals surface area contributed by atoms with Gasteiger partial charge in [0.05, 0.1) is 0 Å².